The van der Waals surface area contributed by atoms with Crippen LogP contribution in [0.4, 0.5) is 0 Å². The summed E-state index contributed by atoms with van der Waals surface area (Å²) in [4.78, 5) is 6.56. The van der Waals surface area contributed by atoms with Crippen LogP contribution >= 0.6 is 39.0 Å². The fraction of sp³-hybridized carbons (Fsp3) is 0.200. The third-order valence-corrected chi connectivity index (χ3v) is 5.44. The SMILES string of the molecule is CCOc1ccc(SCc2nc(-c3cc(Br)cs3)no2)cc1. The molecule has 22 heavy (non-hydrogen) atoms. The molecule has 4 nitrogen and oxygen atoms in total. The number of benzene rings is 1. The number of halogens is 1. The first-order chi connectivity index (χ1) is 10.7. The second-order valence-corrected chi connectivity index (χ2v) is 7.21. The minimum Gasteiger partial charge on any atom is -0.494 e. The third kappa shape index (κ3) is 3.91. The van der Waals surface area contributed by atoms with Crippen molar-refractivity contribution in [3.8, 4) is 16.5 Å². The summed E-state index contributed by atoms with van der Waals surface area (Å²) in [5.41, 5.74) is 0. The molecule has 2 aromatic heterocycles. The lowest BCUT2D eigenvalue weighted by molar-refractivity contribution is 0.340. The van der Waals surface area contributed by atoms with E-state index in [1.807, 2.05) is 42.6 Å². The molecule has 0 N–H and O–H groups in total. The smallest absolute Gasteiger partial charge is 0.237 e. The van der Waals surface area contributed by atoms with Crippen LogP contribution in [0.5, 0.6) is 5.75 Å². The molecular weight excluding hydrogens is 384 g/mol. The van der Waals surface area contributed by atoms with E-state index in [1.165, 1.54) is 0 Å². The maximum absolute atomic E-state index is 5.43. The number of thiophene rings is 1. The van der Waals surface area contributed by atoms with Gasteiger partial charge < -0.3 is 9.26 Å². The average Bonchev–Trinajstić information content (AvgIpc) is 3.16. The quantitative estimate of drug-likeness (QED) is 0.532. The fourth-order valence-electron chi connectivity index (χ4n) is 1.79. The summed E-state index contributed by atoms with van der Waals surface area (Å²) in [5.74, 6) is 2.79. The number of rotatable bonds is 6. The summed E-state index contributed by atoms with van der Waals surface area (Å²) in [6, 6.07) is 9.98. The number of hydrogen-bond donors (Lipinski definition) is 0. The Balaban J connectivity index is 1.61. The maximum Gasteiger partial charge on any atom is 0.237 e. The van der Waals surface area contributed by atoms with E-state index in [1.54, 1.807) is 23.1 Å². The van der Waals surface area contributed by atoms with Crippen LogP contribution in [0.15, 0.2) is 49.6 Å². The van der Waals surface area contributed by atoms with Crippen molar-refractivity contribution in [2.75, 3.05) is 6.61 Å². The molecule has 0 aliphatic heterocycles. The standard InChI is InChI=1S/C15H13BrN2O2S2/c1-2-19-11-3-5-12(6-4-11)21-9-14-17-15(18-20-14)13-7-10(16)8-22-13/h3-8H,2,9H2,1H3. The molecule has 0 fully saturated rings. The Kier molecular flexibility index (Phi) is 5.17. The van der Waals surface area contributed by atoms with Gasteiger partial charge in [0.25, 0.3) is 0 Å². The molecule has 0 amide bonds. The van der Waals surface area contributed by atoms with Crippen molar-refractivity contribution in [1.82, 2.24) is 10.1 Å². The highest BCUT2D eigenvalue weighted by Crippen LogP contribution is 2.29. The van der Waals surface area contributed by atoms with Crippen molar-refractivity contribution < 1.29 is 9.26 Å². The summed E-state index contributed by atoms with van der Waals surface area (Å²) < 4.78 is 11.8. The zero-order valence-corrected chi connectivity index (χ0v) is 15.0. The highest BCUT2D eigenvalue weighted by molar-refractivity contribution is 9.10. The highest BCUT2D eigenvalue weighted by Gasteiger charge is 2.11. The van der Waals surface area contributed by atoms with Gasteiger partial charge in [-0.1, -0.05) is 5.16 Å². The number of thioether (sulfide) groups is 1. The van der Waals surface area contributed by atoms with E-state index in [0.717, 1.165) is 20.0 Å². The molecule has 3 aromatic rings. The summed E-state index contributed by atoms with van der Waals surface area (Å²) in [5, 5.41) is 6.02. The summed E-state index contributed by atoms with van der Waals surface area (Å²) in [7, 11) is 0. The van der Waals surface area contributed by atoms with E-state index in [9.17, 15) is 0 Å². The fourth-order valence-corrected chi connectivity index (χ4v) is 3.88. The Morgan fingerprint density at radius 3 is 2.82 bits per heavy atom. The van der Waals surface area contributed by atoms with E-state index < -0.39 is 0 Å². The second-order valence-electron chi connectivity index (χ2n) is 4.33. The predicted molar refractivity (Wildman–Crippen MR) is 92.5 cm³/mol. The van der Waals surface area contributed by atoms with Gasteiger partial charge in [0.2, 0.25) is 11.7 Å². The third-order valence-electron chi connectivity index (χ3n) is 2.75. The molecule has 114 valence electrons. The first-order valence-corrected chi connectivity index (χ1v) is 9.33. The van der Waals surface area contributed by atoms with E-state index >= 15 is 0 Å². The Morgan fingerprint density at radius 1 is 1.32 bits per heavy atom. The summed E-state index contributed by atoms with van der Waals surface area (Å²) >= 11 is 6.66. The van der Waals surface area contributed by atoms with Crippen molar-refractivity contribution in [2.45, 2.75) is 17.6 Å². The van der Waals surface area contributed by atoms with Crippen LogP contribution < -0.4 is 4.74 Å². The van der Waals surface area contributed by atoms with E-state index in [2.05, 4.69) is 26.1 Å². The molecular formula is C15H13BrN2O2S2. The van der Waals surface area contributed by atoms with Gasteiger partial charge >= 0.3 is 0 Å². The second kappa shape index (κ2) is 7.30. The van der Waals surface area contributed by atoms with E-state index in [4.69, 9.17) is 9.26 Å². The van der Waals surface area contributed by atoms with Gasteiger partial charge in [-0.15, -0.1) is 23.1 Å². The minimum absolute atomic E-state index is 0.624. The van der Waals surface area contributed by atoms with Crippen LogP contribution in [0.25, 0.3) is 10.7 Å². The van der Waals surface area contributed by atoms with Crippen molar-refractivity contribution in [3.05, 3.63) is 46.1 Å². The molecule has 0 atom stereocenters. The van der Waals surface area contributed by atoms with Gasteiger partial charge in [-0.2, -0.15) is 4.98 Å². The molecule has 3 rings (SSSR count). The normalized spacial score (nSPS) is 10.8. The van der Waals surface area contributed by atoms with Crippen LogP contribution in [0.2, 0.25) is 0 Å². The van der Waals surface area contributed by atoms with Crippen LogP contribution in [0.1, 0.15) is 12.8 Å². The van der Waals surface area contributed by atoms with Gasteiger partial charge in [-0.25, -0.2) is 0 Å². The predicted octanol–water partition coefficient (Wildman–Crippen LogP) is 5.25. The number of aromatic nitrogens is 2. The number of nitrogens with zero attached hydrogens (tertiary/aromatic N) is 2. The van der Waals surface area contributed by atoms with Gasteiger partial charge in [0.15, 0.2) is 0 Å². The Labute approximate surface area is 145 Å². The summed E-state index contributed by atoms with van der Waals surface area (Å²) in [6.45, 7) is 2.65. The van der Waals surface area contributed by atoms with Gasteiger partial charge in [-0.05, 0) is 53.2 Å². The molecule has 7 heteroatoms. The van der Waals surface area contributed by atoms with Crippen molar-refractivity contribution in [1.29, 1.82) is 0 Å². The van der Waals surface area contributed by atoms with E-state index in [0.29, 0.717) is 24.1 Å². The van der Waals surface area contributed by atoms with Crippen LogP contribution in [-0.4, -0.2) is 16.7 Å². The van der Waals surface area contributed by atoms with Crippen molar-refractivity contribution >= 4 is 39.0 Å². The Morgan fingerprint density at radius 2 is 2.14 bits per heavy atom. The number of hydrogen-bond acceptors (Lipinski definition) is 6. The van der Waals surface area contributed by atoms with E-state index in [-0.39, 0.29) is 0 Å². The molecule has 0 unspecified atom stereocenters. The molecule has 0 radical (unpaired) electrons. The number of ether oxygens (including phenoxy) is 1. The first-order valence-electron chi connectivity index (χ1n) is 6.67. The van der Waals surface area contributed by atoms with Gasteiger partial charge in [0.1, 0.15) is 5.75 Å². The topological polar surface area (TPSA) is 48.2 Å². The Bertz CT molecular complexity index is 740. The van der Waals surface area contributed by atoms with Crippen LogP contribution in [0.3, 0.4) is 0 Å². The zero-order valence-electron chi connectivity index (χ0n) is 11.8. The van der Waals surface area contributed by atoms with Crippen LogP contribution in [0, 0.1) is 0 Å². The monoisotopic (exact) mass is 396 g/mol. The molecule has 0 saturated carbocycles. The lowest BCUT2D eigenvalue weighted by atomic mass is 10.3. The van der Waals surface area contributed by atoms with Crippen molar-refractivity contribution in [2.24, 2.45) is 0 Å². The largest absolute Gasteiger partial charge is 0.494 e. The highest BCUT2D eigenvalue weighted by atomic mass is 79.9. The maximum atomic E-state index is 5.43. The Hall–Kier alpha value is -1.31. The zero-order chi connectivity index (χ0) is 15.4. The first kappa shape index (κ1) is 15.6. The minimum atomic E-state index is 0.624. The summed E-state index contributed by atoms with van der Waals surface area (Å²) in [6.07, 6.45) is 0. The van der Waals surface area contributed by atoms with Gasteiger partial charge in [0.05, 0.1) is 17.2 Å². The molecule has 0 spiro atoms. The molecule has 0 aliphatic carbocycles. The average molecular weight is 397 g/mol. The lowest BCUT2D eigenvalue weighted by Crippen LogP contribution is -1.90. The molecule has 0 aliphatic rings. The van der Waals surface area contributed by atoms with Crippen LogP contribution in [-0.2, 0) is 5.75 Å². The molecule has 0 saturated heterocycles. The molecule has 0 bridgehead atoms. The van der Waals surface area contributed by atoms with Gasteiger partial charge in [-0.3, -0.25) is 0 Å². The van der Waals surface area contributed by atoms with Crippen molar-refractivity contribution in [3.63, 3.8) is 0 Å². The lowest BCUT2D eigenvalue weighted by Gasteiger charge is -2.03. The molecule has 2 heterocycles. The van der Waals surface area contributed by atoms with Gasteiger partial charge in [0, 0.05) is 14.7 Å². The molecule has 1 aromatic carbocycles.